The van der Waals surface area contributed by atoms with Crippen molar-refractivity contribution in [3.8, 4) is 0 Å². The van der Waals surface area contributed by atoms with Crippen LogP contribution in [0.5, 0.6) is 0 Å². The molecule has 1 aliphatic heterocycles. The van der Waals surface area contributed by atoms with Crippen molar-refractivity contribution in [3.63, 3.8) is 0 Å². The molecule has 1 unspecified atom stereocenters. The highest BCUT2D eigenvalue weighted by Gasteiger charge is 2.28. The molecule has 1 N–H and O–H groups in total. The average Bonchev–Trinajstić information content (AvgIpc) is 2.59. The normalized spacial score (nSPS) is 30.4. The number of carbonyl (C=O) groups is 1. The summed E-state index contributed by atoms with van der Waals surface area (Å²) < 4.78 is 22.3. The van der Waals surface area contributed by atoms with Crippen molar-refractivity contribution in [2.75, 3.05) is 11.5 Å². The number of allylic oxidation sites excluding steroid dienone is 2. The summed E-state index contributed by atoms with van der Waals surface area (Å²) in [7, 11) is -2.83. The molecular weight excluding hydrogens is 202 g/mol. The summed E-state index contributed by atoms with van der Waals surface area (Å²) in [5, 5.41) is 3.12. The number of nitrogens with one attached hydrogen (secondary N) is 1. The highest BCUT2D eigenvalue weighted by molar-refractivity contribution is 7.91. The van der Waals surface area contributed by atoms with Gasteiger partial charge in [-0.05, 0) is 12.8 Å². The van der Waals surface area contributed by atoms with Crippen LogP contribution in [0.3, 0.4) is 0 Å². The van der Waals surface area contributed by atoms with E-state index in [4.69, 9.17) is 0 Å². The van der Waals surface area contributed by atoms with Crippen molar-refractivity contribution in [1.29, 1.82) is 0 Å². The van der Waals surface area contributed by atoms with Crippen molar-refractivity contribution < 1.29 is 13.2 Å². The van der Waals surface area contributed by atoms with Gasteiger partial charge in [0.1, 0.15) is 0 Å². The molecule has 2 rings (SSSR count). The number of rotatable bonds is 2. The fraction of sp³-hybridized carbons (Fsp3) is 0.667. The standard InChI is InChI=1S/C9H13NO3S/c11-9-2-1-7(5-9)10-8-3-4-14(12,13)6-8/h5,8,10H,1-4,6H2. The second kappa shape index (κ2) is 3.38. The van der Waals surface area contributed by atoms with Gasteiger partial charge in [-0.3, -0.25) is 4.79 Å². The molecule has 1 fully saturated rings. The Morgan fingerprint density at radius 3 is 2.64 bits per heavy atom. The topological polar surface area (TPSA) is 63.2 Å². The van der Waals surface area contributed by atoms with Crippen LogP contribution in [0, 0.1) is 0 Å². The van der Waals surface area contributed by atoms with Gasteiger partial charge in [0.2, 0.25) is 0 Å². The van der Waals surface area contributed by atoms with E-state index in [1.165, 1.54) is 0 Å². The van der Waals surface area contributed by atoms with E-state index in [-0.39, 0.29) is 23.3 Å². The lowest BCUT2D eigenvalue weighted by molar-refractivity contribution is -0.114. The molecular formula is C9H13NO3S. The van der Waals surface area contributed by atoms with E-state index in [1.807, 2.05) is 0 Å². The summed E-state index contributed by atoms with van der Waals surface area (Å²) in [6.07, 6.45) is 3.54. The lowest BCUT2D eigenvalue weighted by Crippen LogP contribution is -2.28. The lowest BCUT2D eigenvalue weighted by Gasteiger charge is -2.12. The van der Waals surface area contributed by atoms with E-state index in [2.05, 4.69) is 5.32 Å². The Morgan fingerprint density at radius 1 is 1.36 bits per heavy atom. The first-order valence-corrected chi connectivity index (χ1v) is 6.58. The van der Waals surface area contributed by atoms with Crippen LogP contribution in [0.25, 0.3) is 0 Å². The highest BCUT2D eigenvalue weighted by atomic mass is 32.2. The lowest BCUT2D eigenvalue weighted by atomic mass is 10.2. The molecule has 1 saturated heterocycles. The minimum absolute atomic E-state index is 0.0112. The summed E-state index contributed by atoms with van der Waals surface area (Å²) in [6.45, 7) is 0. The van der Waals surface area contributed by atoms with E-state index in [0.717, 1.165) is 12.1 Å². The predicted octanol–water partition coefficient (Wildman–Crippen LogP) is 0.00990. The Balaban J connectivity index is 1.94. The van der Waals surface area contributed by atoms with Crippen LogP contribution in [0.4, 0.5) is 0 Å². The minimum atomic E-state index is -2.83. The Hall–Kier alpha value is -0.840. The van der Waals surface area contributed by atoms with E-state index in [9.17, 15) is 13.2 Å². The molecule has 0 saturated carbocycles. The van der Waals surface area contributed by atoms with Gasteiger partial charge in [0.05, 0.1) is 11.5 Å². The van der Waals surface area contributed by atoms with Gasteiger partial charge in [0, 0.05) is 24.2 Å². The third kappa shape index (κ3) is 2.15. The number of hydrogen-bond donors (Lipinski definition) is 1. The summed E-state index contributed by atoms with van der Waals surface area (Å²) in [5.41, 5.74) is 0.900. The third-order valence-electron chi connectivity index (χ3n) is 2.60. The molecule has 0 amide bonds. The van der Waals surface area contributed by atoms with E-state index in [1.54, 1.807) is 6.08 Å². The van der Waals surface area contributed by atoms with Gasteiger partial charge in [-0.2, -0.15) is 0 Å². The Bertz CT molecular complexity index is 383. The first-order valence-electron chi connectivity index (χ1n) is 4.75. The Labute approximate surface area is 83.3 Å². The predicted molar refractivity (Wildman–Crippen MR) is 52.5 cm³/mol. The second-order valence-corrected chi connectivity index (χ2v) is 6.11. The molecule has 0 aromatic rings. The molecule has 1 heterocycles. The summed E-state index contributed by atoms with van der Waals surface area (Å²) in [5.74, 6) is 0.609. The van der Waals surface area contributed by atoms with Crippen molar-refractivity contribution in [2.24, 2.45) is 0 Å². The quantitative estimate of drug-likeness (QED) is 0.705. The summed E-state index contributed by atoms with van der Waals surface area (Å²) in [6, 6.07) is 0.0112. The number of ketones is 1. The Morgan fingerprint density at radius 2 is 2.14 bits per heavy atom. The zero-order chi connectivity index (χ0) is 10.2. The SMILES string of the molecule is O=C1C=C(NC2CCS(=O)(=O)C2)CC1. The average molecular weight is 215 g/mol. The first-order chi connectivity index (χ1) is 6.55. The van der Waals surface area contributed by atoms with Crippen LogP contribution < -0.4 is 5.32 Å². The van der Waals surface area contributed by atoms with Crippen molar-refractivity contribution in [3.05, 3.63) is 11.8 Å². The maximum Gasteiger partial charge on any atom is 0.157 e. The molecule has 0 radical (unpaired) electrons. The van der Waals surface area contributed by atoms with Crippen molar-refractivity contribution in [1.82, 2.24) is 5.32 Å². The van der Waals surface area contributed by atoms with Crippen molar-refractivity contribution in [2.45, 2.75) is 25.3 Å². The maximum absolute atomic E-state index is 11.2. The largest absolute Gasteiger partial charge is 0.384 e. The molecule has 0 aromatic carbocycles. The van der Waals surface area contributed by atoms with Gasteiger partial charge in [0.15, 0.2) is 15.6 Å². The fourth-order valence-electron chi connectivity index (χ4n) is 1.88. The molecule has 1 aliphatic carbocycles. The van der Waals surface area contributed by atoms with Gasteiger partial charge < -0.3 is 5.32 Å². The molecule has 14 heavy (non-hydrogen) atoms. The summed E-state index contributed by atoms with van der Waals surface area (Å²) >= 11 is 0. The molecule has 5 heteroatoms. The van der Waals surface area contributed by atoms with E-state index >= 15 is 0 Å². The van der Waals surface area contributed by atoms with Crippen LogP contribution in [0.15, 0.2) is 11.8 Å². The molecule has 1 atom stereocenters. The monoisotopic (exact) mass is 215 g/mol. The smallest absolute Gasteiger partial charge is 0.157 e. The second-order valence-electron chi connectivity index (χ2n) is 3.88. The first kappa shape index (κ1) is 9.71. The molecule has 0 spiro atoms. The molecule has 78 valence electrons. The number of hydrogen-bond acceptors (Lipinski definition) is 4. The van der Waals surface area contributed by atoms with Crippen LogP contribution in [-0.4, -0.2) is 31.7 Å². The highest BCUT2D eigenvalue weighted by Crippen LogP contribution is 2.17. The van der Waals surface area contributed by atoms with E-state index in [0.29, 0.717) is 12.8 Å². The molecule has 0 aromatic heterocycles. The van der Waals surface area contributed by atoms with E-state index < -0.39 is 9.84 Å². The summed E-state index contributed by atoms with van der Waals surface area (Å²) in [4.78, 5) is 10.9. The number of carbonyl (C=O) groups excluding carboxylic acids is 1. The van der Waals surface area contributed by atoms with Crippen molar-refractivity contribution >= 4 is 15.6 Å². The maximum atomic E-state index is 11.2. The number of sulfone groups is 1. The van der Waals surface area contributed by atoms with Crippen LogP contribution >= 0.6 is 0 Å². The van der Waals surface area contributed by atoms with Crippen LogP contribution in [0.1, 0.15) is 19.3 Å². The molecule has 4 nitrogen and oxygen atoms in total. The van der Waals surface area contributed by atoms with Gasteiger partial charge >= 0.3 is 0 Å². The van der Waals surface area contributed by atoms with Crippen LogP contribution in [-0.2, 0) is 14.6 Å². The Kier molecular flexibility index (Phi) is 2.34. The van der Waals surface area contributed by atoms with Gasteiger partial charge in [-0.15, -0.1) is 0 Å². The minimum Gasteiger partial charge on any atom is -0.384 e. The van der Waals surface area contributed by atoms with Gasteiger partial charge in [0.25, 0.3) is 0 Å². The third-order valence-corrected chi connectivity index (χ3v) is 4.37. The van der Waals surface area contributed by atoms with Gasteiger partial charge in [-0.1, -0.05) is 0 Å². The zero-order valence-corrected chi connectivity index (χ0v) is 8.64. The zero-order valence-electron chi connectivity index (χ0n) is 7.82. The van der Waals surface area contributed by atoms with Crippen LogP contribution in [0.2, 0.25) is 0 Å². The molecule has 2 aliphatic rings. The van der Waals surface area contributed by atoms with Gasteiger partial charge in [-0.25, -0.2) is 8.42 Å². The fourth-order valence-corrected chi connectivity index (χ4v) is 3.55. The molecule has 0 bridgehead atoms.